The Hall–Kier alpha value is -2.35. The van der Waals surface area contributed by atoms with Gasteiger partial charge in [-0.3, -0.25) is 0 Å². The van der Waals surface area contributed by atoms with Gasteiger partial charge in [0, 0.05) is 0 Å². The normalized spacial score (nSPS) is 11.1. The first-order chi connectivity index (χ1) is 9.09. The predicted octanol–water partition coefficient (Wildman–Crippen LogP) is 4.31. The largest absolute Gasteiger partial charge is 0.478 e. The molecule has 94 valence electrons. The van der Waals surface area contributed by atoms with Gasteiger partial charge in [-0.2, -0.15) is 0 Å². The van der Waals surface area contributed by atoms with Gasteiger partial charge in [-0.1, -0.05) is 36.4 Å². The van der Waals surface area contributed by atoms with E-state index in [1.807, 2.05) is 50.2 Å². The number of aryl methyl sites for hydroxylation is 2. The minimum absolute atomic E-state index is 0.399. The van der Waals surface area contributed by atoms with E-state index in [1.165, 1.54) is 5.56 Å². The molecular weight excluding hydrogens is 236 g/mol. The zero-order chi connectivity index (χ0) is 13.6. The maximum absolute atomic E-state index is 11.6. The smallest absolute Gasteiger partial charge is 0.336 e. The van der Waals surface area contributed by atoms with Crippen molar-refractivity contribution in [1.82, 2.24) is 0 Å². The Morgan fingerprint density at radius 1 is 0.947 bits per heavy atom. The van der Waals surface area contributed by atoms with Crippen molar-refractivity contribution in [3.8, 4) is 0 Å². The fourth-order valence-corrected chi connectivity index (χ4v) is 2.62. The maximum atomic E-state index is 11.6. The lowest BCUT2D eigenvalue weighted by Gasteiger charge is -2.11. The molecule has 0 atom stereocenters. The van der Waals surface area contributed by atoms with Crippen LogP contribution >= 0.6 is 0 Å². The van der Waals surface area contributed by atoms with Crippen molar-refractivity contribution in [2.75, 3.05) is 0 Å². The molecule has 0 unspecified atom stereocenters. The van der Waals surface area contributed by atoms with Crippen molar-refractivity contribution in [2.45, 2.75) is 13.8 Å². The van der Waals surface area contributed by atoms with Crippen LogP contribution in [0.4, 0.5) is 0 Å². The Kier molecular flexibility index (Phi) is 2.53. The van der Waals surface area contributed by atoms with Crippen LogP contribution in [-0.2, 0) is 0 Å². The van der Waals surface area contributed by atoms with Gasteiger partial charge in [0.05, 0.1) is 5.56 Å². The number of aromatic carboxylic acids is 1. The molecule has 0 bridgehead atoms. The van der Waals surface area contributed by atoms with Crippen molar-refractivity contribution in [1.29, 1.82) is 0 Å². The maximum Gasteiger partial charge on any atom is 0.336 e. The van der Waals surface area contributed by atoms with Gasteiger partial charge >= 0.3 is 5.97 Å². The van der Waals surface area contributed by atoms with Crippen molar-refractivity contribution in [2.24, 2.45) is 0 Å². The highest BCUT2D eigenvalue weighted by molar-refractivity contribution is 6.16. The number of hydrogen-bond donors (Lipinski definition) is 1. The molecule has 0 amide bonds. The Labute approximate surface area is 111 Å². The van der Waals surface area contributed by atoms with E-state index in [2.05, 4.69) is 6.07 Å². The summed E-state index contributed by atoms with van der Waals surface area (Å²) >= 11 is 0. The summed E-state index contributed by atoms with van der Waals surface area (Å²) in [6.07, 6.45) is 0. The number of carboxylic acid groups (broad SMARTS) is 1. The molecule has 0 spiro atoms. The fraction of sp³-hybridized carbons (Fsp3) is 0.118. The topological polar surface area (TPSA) is 37.3 Å². The summed E-state index contributed by atoms with van der Waals surface area (Å²) in [7, 11) is 0. The first-order valence-corrected chi connectivity index (χ1v) is 6.24. The number of carboxylic acids is 1. The molecule has 1 N–H and O–H groups in total. The Bertz CT molecular complexity index is 816. The van der Waals surface area contributed by atoms with Gasteiger partial charge in [-0.15, -0.1) is 0 Å². The number of carbonyl (C=O) groups is 1. The summed E-state index contributed by atoms with van der Waals surface area (Å²) in [5.41, 5.74) is 2.72. The van der Waals surface area contributed by atoms with Gasteiger partial charge in [-0.05, 0) is 52.6 Å². The van der Waals surface area contributed by atoms with Crippen LogP contribution < -0.4 is 0 Å². The monoisotopic (exact) mass is 250 g/mol. The average Bonchev–Trinajstić information content (AvgIpc) is 2.40. The number of rotatable bonds is 1. The van der Waals surface area contributed by atoms with Crippen molar-refractivity contribution in [3.05, 3.63) is 59.2 Å². The summed E-state index contributed by atoms with van der Waals surface area (Å²) in [5.74, 6) is -0.870. The molecule has 3 rings (SSSR count). The molecule has 19 heavy (non-hydrogen) atoms. The van der Waals surface area contributed by atoms with Gasteiger partial charge < -0.3 is 5.11 Å². The molecular formula is C17H14O2. The SMILES string of the molecule is Cc1ccc2c(C(=O)O)c3ccccc3cc2c1C. The first kappa shape index (κ1) is 11.7. The Balaban J connectivity index is 2.62. The third-order valence-corrected chi connectivity index (χ3v) is 3.80. The molecule has 0 aliphatic rings. The summed E-state index contributed by atoms with van der Waals surface area (Å²) < 4.78 is 0. The second kappa shape index (κ2) is 4.09. The van der Waals surface area contributed by atoms with Crippen LogP contribution in [0.3, 0.4) is 0 Å². The Morgan fingerprint density at radius 3 is 2.42 bits per heavy atom. The zero-order valence-corrected chi connectivity index (χ0v) is 10.9. The predicted molar refractivity (Wildman–Crippen MR) is 77.9 cm³/mol. The fourth-order valence-electron chi connectivity index (χ4n) is 2.62. The van der Waals surface area contributed by atoms with E-state index in [1.54, 1.807) is 0 Å². The van der Waals surface area contributed by atoms with Crippen LogP contribution in [0.2, 0.25) is 0 Å². The van der Waals surface area contributed by atoms with E-state index < -0.39 is 5.97 Å². The highest BCUT2D eigenvalue weighted by Crippen LogP contribution is 2.31. The summed E-state index contributed by atoms with van der Waals surface area (Å²) in [4.78, 5) is 11.6. The van der Waals surface area contributed by atoms with Crippen molar-refractivity contribution in [3.63, 3.8) is 0 Å². The molecule has 0 saturated heterocycles. The average molecular weight is 250 g/mol. The van der Waals surface area contributed by atoms with Crippen LogP contribution in [0, 0.1) is 13.8 Å². The van der Waals surface area contributed by atoms with Gasteiger partial charge in [0.1, 0.15) is 0 Å². The van der Waals surface area contributed by atoms with Gasteiger partial charge in [-0.25, -0.2) is 4.79 Å². The summed E-state index contributed by atoms with van der Waals surface area (Å²) in [5, 5.41) is 13.1. The third-order valence-electron chi connectivity index (χ3n) is 3.80. The lowest BCUT2D eigenvalue weighted by atomic mass is 9.93. The molecule has 0 fully saturated rings. The van der Waals surface area contributed by atoms with Crippen molar-refractivity contribution < 1.29 is 9.90 Å². The molecule has 3 aromatic rings. The van der Waals surface area contributed by atoms with Crippen LogP contribution in [-0.4, -0.2) is 11.1 Å². The molecule has 0 aliphatic heterocycles. The molecule has 2 nitrogen and oxygen atoms in total. The van der Waals surface area contributed by atoms with Gasteiger partial charge in [0.2, 0.25) is 0 Å². The molecule has 0 aromatic heterocycles. The second-order valence-corrected chi connectivity index (χ2v) is 4.88. The van der Waals surface area contributed by atoms with E-state index in [0.717, 1.165) is 27.1 Å². The standard InChI is InChI=1S/C17H14O2/c1-10-7-8-14-15(11(10)2)9-12-5-3-4-6-13(12)16(14)17(18)19/h3-9H,1-2H3,(H,18,19). The number of fused-ring (bicyclic) bond motifs is 2. The highest BCUT2D eigenvalue weighted by Gasteiger charge is 2.15. The van der Waals surface area contributed by atoms with Gasteiger partial charge in [0.15, 0.2) is 0 Å². The number of hydrogen-bond acceptors (Lipinski definition) is 1. The molecule has 0 heterocycles. The van der Waals surface area contributed by atoms with E-state index in [4.69, 9.17) is 0 Å². The first-order valence-electron chi connectivity index (χ1n) is 6.24. The van der Waals surface area contributed by atoms with Crippen LogP contribution in [0.5, 0.6) is 0 Å². The molecule has 0 radical (unpaired) electrons. The van der Waals surface area contributed by atoms with E-state index in [9.17, 15) is 9.90 Å². The van der Waals surface area contributed by atoms with Crippen LogP contribution in [0.25, 0.3) is 21.5 Å². The molecule has 0 aliphatic carbocycles. The third kappa shape index (κ3) is 1.68. The molecule has 2 heteroatoms. The minimum atomic E-state index is -0.870. The van der Waals surface area contributed by atoms with Crippen LogP contribution in [0.15, 0.2) is 42.5 Å². The Morgan fingerprint density at radius 2 is 1.68 bits per heavy atom. The summed E-state index contributed by atoms with van der Waals surface area (Å²) in [6, 6.07) is 13.6. The summed E-state index contributed by atoms with van der Waals surface area (Å²) in [6.45, 7) is 4.09. The number of benzene rings is 3. The van der Waals surface area contributed by atoms with Crippen molar-refractivity contribution >= 4 is 27.5 Å². The van der Waals surface area contributed by atoms with E-state index >= 15 is 0 Å². The lowest BCUT2D eigenvalue weighted by molar-refractivity contribution is 0.0701. The zero-order valence-electron chi connectivity index (χ0n) is 10.9. The van der Waals surface area contributed by atoms with Crippen LogP contribution in [0.1, 0.15) is 21.5 Å². The molecule has 0 saturated carbocycles. The quantitative estimate of drug-likeness (QED) is 0.653. The minimum Gasteiger partial charge on any atom is -0.478 e. The van der Waals surface area contributed by atoms with E-state index in [0.29, 0.717) is 5.56 Å². The highest BCUT2D eigenvalue weighted by atomic mass is 16.4. The van der Waals surface area contributed by atoms with Gasteiger partial charge in [0.25, 0.3) is 0 Å². The molecule has 3 aromatic carbocycles. The second-order valence-electron chi connectivity index (χ2n) is 4.88. The van der Waals surface area contributed by atoms with E-state index in [-0.39, 0.29) is 0 Å². The lowest BCUT2D eigenvalue weighted by Crippen LogP contribution is -2.00.